The lowest BCUT2D eigenvalue weighted by Gasteiger charge is -2.23. The van der Waals surface area contributed by atoms with Gasteiger partial charge in [0.05, 0.1) is 4.92 Å². The van der Waals surface area contributed by atoms with Gasteiger partial charge < -0.3 is 5.73 Å². The quantitative estimate of drug-likeness (QED) is 0.611. The number of nitrogens with zero attached hydrogens (tertiary/aromatic N) is 1. The molecule has 0 spiro atoms. The molecular formula is C11H16N2O2. The molecule has 2 N–H and O–H groups in total. The second-order valence-corrected chi connectivity index (χ2v) is 4.35. The van der Waals surface area contributed by atoms with Gasteiger partial charge >= 0.3 is 0 Å². The monoisotopic (exact) mass is 208 g/mol. The van der Waals surface area contributed by atoms with Crippen LogP contribution in [0.4, 0.5) is 5.69 Å². The zero-order valence-corrected chi connectivity index (χ0v) is 9.28. The van der Waals surface area contributed by atoms with Crippen molar-refractivity contribution >= 4 is 5.69 Å². The van der Waals surface area contributed by atoms with Gasteiger partial charge in [0.15, 0.2) is 0 Å². The van der Waals surface area contributed by atoms with Crippen molar-refractivity contribution in [2.45, 2.75) is 26.2 Å². The average molecular weight is 208 g/mol. The maximum Gasteiger partial charge on any atom is 0.272 e. The Bertz CT molecular complexity index is 386. The zero-order valence-electron chi connectivity index (χ0n) is 9.28. The molecule has 0 saturated carbocycles. The largest absolute Gasteiger partial charge is 0.330 e. The van der Waals surface area contributed by atoms with Crippen LogP contribution in [0.15, 0.2) is 18.2 Å². The third-order valence-corrected chi connectivity index (χ3v) is 2.69. The second kappa shape index (κ2) is 3.98. The lowest BCUT2D eigenvalue weighted by molar-refractivity contribution is -0.385. The van der Waals surface area contributed by atoms with Crippen LogP contribution in [0.5, 0.6) is 0 Å². The molecule has 1 aromatic carbocycles. The van der Waals surface area contributed by atoms with Crippen LogP contribution in [0.2, 0.25) is 0 Å². The van der Waals surface area contributed by atoms with Crippen molar-refractivity contribution < 1.29 is 4.92 Å². The molecule has 0 amide bonds. The SMILES string of the molecule is Cc1cc(C(C)(C)CN)ccc1[N+](=O)[O-]. The fourth-order valence-corrected chi connectivity index (χ4v) is 1.40. The van der Waals surface area contributed by atoms with E-state index < -0.39 is 0 Å². The minimum Gasteiger partial charge on any atom is -0.330 e. The van der Waals surface area contributed by atoms with E-state index >= 15 is 0 Å². The molecule has 0 radical (unpaired) electrons. The van der Waals surface area contributed by atoms with Crippen LogP contribution in [0.3, 0.4) is 0 Å². The summed E-state index contributed by atoms with van der Waals surface area (Å²) in [6.07, 6.45) is 0. The summed E-state index contributed by atoms with van der Waals surface area (Å²) in [5, 5.41) is 10.6. The molecule has 4 heteroatoms. The van der Waals surface area contributed by atoms with Crippen LogP contribution in [0.25, 0.3) is 0 Å². The minimum absolute atomic E-state index is 0.139. The molecule has 82 valence electrons. The lowest BCUT2D eigenvalue weighted by Crippen LogP contribution is -2.28. The summed E-state index contributed by atoms with van der Waals surface area (Å²) in [4.78, 5) is 10.3. The molecule has 1 rings (SSSR count). The lowest BCUT2D eigenvalue weighted by atomic mass is 9.84. The maximum atomic E-state index is 10.6. The molecule has 4 nitrogen and oxygen atoms in total. The van der Waals surface area contributed by atoms with Gasteiger partial charge in [0.1, 0.15) is 0 Å². The molecule has 0 bridgehead atoms. The molecule has 0 atom stereocenters. The summed E-state index contributed by atoms with van der Waals surface area (Å²) in [6, 6.07) is 5.16. The molecule has 0 aliphatic rings. The Balaban J connectivity index is 3.18. The van der Waals surface area contributed by atoms with Gasteiger partial charge in [-0.25, -0.2) is 0 Å². The van der Waals surface area contributed by atoms with Gasteiger partial charge in [-0.15, -0.1) is 0 Å². The standard InChI is InChI=1S/C11H16N2O2/c1-8-6-9(11(2,3)7-12)4-5-10(8)13(14)15/h4-6H,7,12H2,1-3H3. The first-order valence-corrected chi connectivity index (χ1v) is 4.84. The summed E-state index contributed by atoms with van der Waals surface area (Å²) in [5.41, 5.74) is 7.39. The number of nitro groups is 1. The van der Waals surface area contributed by atoms with Crippen molar-refractivity contribution in [2.75, 3.05) is 6.54 Å². The molecule has 0 saturated heterocycles. The third kappa shape index (κ3) is 2.33. The summed E-state index contributed by atoms with van der Waals surface area (Å²) in [7, 11) is 0. The summed E-state index contributed by atoms with van der Waals surface area (Å²) in [5.74, 6) is 0. The number of nitrogens with two attached hydrogens (primary N) is 1. The van der Waals surface area contributed by atoms with Gasteiger partial charge in [0, 0.05) is 23.6 Å². The number of nitro benzene ring substituents is 1. The van der Waals surface area contributed by atoms with E-state index in [2.05, 4.69) is 0 Å². The van der Waals surface area contributed by atoms with E-state index in [0.29, 0.717) is 12.1 Å². The topological polar surface area (TPSA) is 69.2 Å². The molecule has 0 fully saturated rings. The van der Waals surface area contributed by atoms with Crippen LogP contribution < -0.4 is 5.73 Å². The van der Waals surface area contributed by atoms with E-state index in [1.165, 1.54) is 0 Å². The molecule has 0 aromatic heterocycles. The Morgan fingerprint density at radius 1 is 1.47 bits per heavy atom. The predicted molar refractivity (Wildman–Crippen MR) is 59.9 cm³/mol. The molecule has 0 unspecified atom stereocenters. The smallest absolute Gasteiger partial charge is 0.272 e. The number of hydrogen-bond acceptors (Lipinski definition) is 3. The van der Waals surface area contributed by atoms with Crippen LogP contribution in [0.1, 0.15) is 25.0 Å². The van der Waals surface area contributed by atoms with Gasteiger partial charge in [-0.1, -0.05) is 19.9 Å². The van der Waals surface area contributed by atoms with Crippen molar-refractivity contribution in [2.24, 2.45) is 5.73 Å². The van der Waals surface area contributed by atoms with E-state index in [-0.39, 0.29) is 16.0 Å². The van der Waals surface area contributed by atoms with Gasteiger partial charge in [0.2, 0.25) is 0 Å². The van der Waals surface area contributed by atoms with Crippen molar-refractivity contribution in [1.29, 1.82) is 0 Å². The van der Waals surface area contributed by atoms with Crippen molar-refractivity contribution in [3.8, 4) is 0 Å². The highest BCUT2D eigenvalue weighted by Gasteiger charge is 2.20. The highest BCUT2D eigenvalue weighted by molar-refractivity contribution is 5.43. The normalized spacial score (nSPS) is 11.5. The Kier molecular flexibility index (Phi) is 3.09. The van der Waals surface area contributed by atoms with E-state index in [1.54, 1.807) is 19.1 Å². The Morgan fingerprint density at radius 3 is 2.47 bits per heavy atom. The molecule has 0 heterocycles. The van der Waals surface area contributed by atoms with Gasteiger partial charge in [-0.2, -0.15) is 0 Å². The number of rotatable bonds is 3. The van der Waals surface area contributed by atoms with Crippen molar-refractivity contribution in [1.82, 2.24) is 0 Å². The highest BCUT2D eigenvalue weighted by Crippen LogP contribution is 2.26. The Morgan fingerprint density at radius 2 is 2.07 bits per heavy atom. The van der Waals surface area contributed by atoms with E-state index in [1.807, 2.05) is 19.9 Å². The van der Waals surface area contributed by atoms with Gasteiger partial charge in [0.25, 0.3) is 5.69 Å². The summed E-state index contributed by atoms with van der Waals surface area (Å²) < 4.78 is 0. The predicted octanol–water partition coefficient (Wildman–Crippen LogP) is 2.14. The first-order chi connectivity index (χ1) is 6.88. The van der Waals surface area contributed by atoms with E-state index in [0.717, 1.165) is 5.56 Å². The van der Waals surface area contributed by atoms with Gasteiger partial charge in [-0.05, 0) is 18.6 Å². The minimum atomic E-state index is -0.367. The van der Waals surface area contributed by atoms with Crippen LogP contribution >= 0.6 is 0 Å². The summed E-state index contributed by atoms with van der Waals surface area (Å²) in [6.45, 7) is 6.31. The average Bonchev–Trinajstić information content (AvgIpc) is 2.17. The summed E-state index contributed by atoms with van der Waals surface area (Å²) >= 11 is 0. The second-order valence-electron chi connectivity index (χ2n) is 4.35. The fourth-order valence-electron chi connectivity index (χ4n) is 1.40. The molecular weight excluding hydrogens is 192 g/mol. The fraction of sp³-hybridized carbons (Fsp3) is 0.455. The zero-order chi connectivity index (χ0) is 11.6. The first kappa shape index (κ1) is 11.7. The van der Waals surface area contributed by atoms with Gasteiger partial charge in [-0.3, -0.25) is 10.1 Å². The molecule has 0 aliphatic carbocycles. The van der Waals surface area contributed by atoms with E-state index in [4.69, 9.17) is 5.73 Å². The third-order valence-electron chi connectivity index (χ3n) is 2.69. The highest BCUT2D eigenvalue weighted by atomic mass is 16.6. The number of aryl methyl sites for hydroxylation is 1. The first-order valence-electron chi connectivity index (χ1n) is 4.84. The van der Waals surface area contributed by atoms with E-state index in [9.17, 15) is 10.1 Å². The molecule has 0 aliphatic heterocycles. The Hall–Kier alpha value is -1.42. The maximum absolute atomic E-state index is 10.6. The Labute approximate surface area is 89.2 Å². The number of benzene rings is 1. The molecule has 15 heavy (non-hydrogen) atoms. The van der Waals surface area contributed by atoms with Crippen molar-refractivity contribution in [3.05, 3.63) is 39.4 Å². The van der Waals surface area contributed by atoms with Crippen LogP contribution in [0, 0.1) is 17.0 Å². The van der Waals surface area contributed by atoms with Crippen molar-refractivity contribution in [3.63, 3.8) is 0 Å². The molecule has 1 aromatic rings. The number of hydrogen-bond donors (Lipinski definition) is 1. The van der Waals surface area contributed by atoms with Crippen LogP contribution in [-0.4, -0.2) is 11.5 Å². The van der Waals surface area contributed by atoms with Crippen LogP contribution in [-0.2, 0) is 5.41 Å².